The first kappa shape index (κ1) is 11.4. The number of hydrogen-bond donors (Lipinski definition) is 1. The zero-order valence-corrected chi connectivity index (χ0v) is 9.87. The third-order valence-electron chi connectivity index (χ3n) is 2.82. The Hall–Kier alpha value is -2.11. The molecule has 0 radical (unpaired) electrons. The molecule has 0 aliphatic heterocycles. The SMILES string of the molecule is CC(C(N)=O)n1ccnc1Cc1nccn1C. The second-order valence-electron chi connectivity index (χ2n) is 3.96. The molecule has 6 nitrogen and oxygen atoms in total. The number of hydrogen-bond acceptors (Lipinski definition) is 3. The number of aryl methyl sites for hydroxylation is 1. The number of aromatic nitrogens is 4. The maximum absolute atomic E-state index is 11.2. The number of rotatable bonds is 4. The number of imidazole rings is 2. The van der Waals surface area contributed by atoms with Gasteiger partial charge in [-0.3, -0.25) is 4.79 Å². The minimum Gasteiger partial charge on any atom is -0.368 e. The molecule has 0 spiro atoms. The summed E-state index contributed by atoms with van der Waals surface area (Å²) in [6, 6.07) is -0.396. The maximum Gasteiger partial charge on any atom is 0.240 e. The molecule has 2 aromatic heterocycles. The van der Waals surface area contributed by atoms with Crippen molar-refractivity contribution in [2.24, 2.45) is 12.8 Å². The van der Waals surface area contributed by atoms with Gasteiger partial charge in [-0.2, -0.15) is 0 Å². The lowest BCUT2D eigenvalue weighted by Crippen LogP contribution is -2.25. The zero-order chi connectivity index (χ0) is 12.4. The van der Waals surface area contributed by atoms with Gasteiger partial charge in [0.05, 0.1) is 6.42 Å². The summed E-state index contributed by atoms with van der Waals surface area (Å²) >= 11 is 0. The van der Waals surface area contributed by atoms with E-state index < -0.39 is 6.04 Å². The fourth-order valence-corrected chi connectivity index (χ4v) is 1.68. The highest BCUT2D eigenvalue weighted by Gasteiger charge is 2.15. The molecule has 0 fully saturated rings. The summed E-state index contributed by atoms with van der Waals surface area (Å²) in [5.41, 5.74) is 5.29. The predicted octanol–water partition coefficient (Wildman–Crippen LogP) is 0.254. The van der Waals surface area contributed by atoms with E-state index >= 15 is 0 Å². The van der Waals surface area contributed by atoms with E-state index in [4.69, 9.17) is 5.73 Å². The van der Waals surface area contributed by atoms with E-state index in [0.717, 1.165) is 11.6 Å². The first-order chi connectivity index (χ1) is 8.09. The maximum atomic E-state index is 11.2. The van der Waals surface area contributed by atoms with Crippen LogP contribution in [-0.2, 0) is 18.3 Å². The second kappa shape index (κ2) is 4.40. The van der Waals surface area contributed by atoms with Crippen molar-refractivity contribution in [2.75, 3.05) is 0 Å². The van der Waals surface area contributed by atoms with E-state index in [1.54, 1.807) is 30.1 Å². The normalized spacial score (nSPS) is 12.6. The molecule has 2 heterocycles. The Morgan fingerprint density at radius 1 is 1.35 bits per heavy atom. The molecule has 1 amide bonds. The van der Waals surface area contributed by atoms with E-state index in [0.29, 0.717) is 6.42 Å². The molecule has 0 saturated heterocycles. The number of carbonyl (C=O) groups is 1. The molecule has 0 aromatic carbocycles. The molecule has 0 bridgehead atoms. The van der Waals surface area contributed by atoms with E-state index in [2.05, 4.69) is 9.97 Å². The Morgan fingerprint density at radius 3 is 2.59 bits per heavy atom. The van der Waals surface area contributed by atoms with Crippen LogP contribution < -0.4 is 5.73 Å². The van der Waals surface area contributed by atoms with Gasteiger partial charge in [0.25, 0.3) is 0 Å². The highest BCUT2D eigenvalue weighted by atomic mass is 16.1. The van der Waals surface area contributed by atoms with Crippen LogP contribution in [0.25, 0.3) is 0 Å². The van der Waals surface area contributed by atoms with Crippen molar-refractivity contribution in [3.8, 4) is 0 Å². The van der Waals surface area contributed by atoms with Crippen LogP contribution >= 0.6 is 0 Å². The van der Waals surface area contributed by atoms with Gasteiger partial charge in [-0.25, -0.2) is 9.97 Å². The zero-order valence-electron chi connectivity index (χ0n) is 9.87. The van der Waals surface area contributed by atoms with Gasteiger partial charge in [-0.15, -0.1) is 0 Å². The van der Waals surface area contributed by atoms with Gasteiger partial charge in [0.15, 0.2) is 0 Å². The average Bonchev–Trinajstić information content (AvgIpc) is 2.88. The van der Waals surface area contributed by atoms with Crippen LogP contribution in [0, 0.1) is 0 Å². The minimum atomic E-state index is -0.396. The first-order valence-corrected chi connectivity index (χ1v) is 5.37. The summed E-state index contributed by atoms with van der Waals surface area (Å²) in [6.45, 7) is 1.76. The van der Waals surface area contributed by atoms with Crippen LogP contribution in [0.2, 0.25) is 0 Å². The molecule has 0 aliphatic carbocycles. The standard InChI is InChI=1S/C11H15N5O/c1-8(11(12)17)16-6-4-14-10(16)7-9-13-3-5-15(9)2/h3-6,8H,7H2,1-2H3,(H2,12,17). The largest absolute Gasteiger partial charge is 0.368 e. The second-order valence-corrected chi connectivity index (χ2v) is 3.96. The number of primary amides is 1. The van der Waals surface area contributed by atoms with E-state index in [1.807, 2.05) is 17.8 Å². The van der Waals surface area contributed by atoms with Crippen molar-refractivity contribution >= 4 is 5.91 Å². The summed E-state index contributed by atoms with van der Waals surface area (Å²) in [5, 5.41) is 0. The van der Waals surface area contributed by atoms with Crippen molar-refractivity contribution < 1.29 is 4.79 Å². The van der Waals surface area contributed by atoms with E-state index in [-0.39, 0.29) is 5.91 Å². The van der Waals surface area contributed by atoms with Crippen molar-refractivity contribution in [1.82, 2.24) is 19.1 Å². The van der Waals surface area contributed by atoms with Gasteiger partial charge >= 0.3 is 0 Å². The molecule has 2 N–H and O–H groups in total. The van der Waals surface area contributed by atoms with E-state index in [9.17, 15) is 4.79 Å². The Morgan fingerprint density at radius 2 is 2.00 bits per heavy atom. The predicted molar refractivity (Wildman–Crippen MR) is 62.1 cm³/mol. The monoisotopic (exact) mass is 233 g/mol. The number of carbonyl (C=O) groups excluding carboxylic acids is 1. The lowest BCUT2D eigenvalue weighted by molar-refractivity contribution is -0.120. The Balaban J connectivity index is 2.26. The van der Waals surface area contributed by atoms with Crippen LogP contribution in [0.3, 0.4) is 0 Å². The smallest absolute Gasteiger partial charge is 0.240 e. The number of nitrogens with zero attached hydrogens (tertiary/aromatic N) is 4. The lowest BCUT2D eigenvalue weighted by atomic mass is 10.3. The average molecular weight is 233 g/mol. The Kier molecular flexibility index (Phi) is 2.95. The molecule has 0 saturated carbocycles. The number of amides is 1. The number of nitrogens with two attached hydrogens (primary N) is 1. The fraction of sp³-hybridized carbons (Fsp3) is 0.364. The highest BCUT2D eigenvalue weighted by Crippen LogP contribution is 2.11. The molecule has 1 unspecified atom stereocenters. The Bertz CT molecular complexity index is 527. The molecular formula is C11H15N5O. The van der Waals surface area contributed by atoms with Crippen molar-refractivity contribution in [1.29, 1.82) is 0 Å². The first-order valence-electron chi connectivity index (χ1n) is 5.37. The summed E-state index contributed by atoms with van der Waals surface area (Å²) in [6.07, 6.45) is 7.61. The third kappa shape index (κ3) is 2.20. The lowest BCUT2D eigenvalue weighted by Gasteiger charge is -2.12. The van der Waals surface area contributed by atoms with Gasteiger partial charge in [0.1, 0.15) is 17.7 Å². The van der Waals surface area contributed by atoms with Gasteiger partial charge in [0, 0.05) is 31.8 Å². The van der Waals surface area contributed by atoms with Gasteiger partial charge in [-0.1, -0.05) is 0 Å². The molecule has 0 aliphatic rings. The molecule has 17 heavy (non-hydrogen) atoms. The van der Waals surface area contributed by atoms with Crippen LogP contribution in [0.5, 0.6) is 0 Å². The van der Waals surface area contributed by atoms with Gasteiger partial charge < -0.3 is 14.9 Å². The highest BCUT2D eigenvalue weighted by molar-refractivity contribution is 5.77. The van der Waals surface area contributed by atoms with Crippen molar-refractivity contribution in [3.63, 3.8) is 0 Å². The Labute approximate surface area is 99.1 Å². The molecular weight excluding hydrogens is 218 g/mol. The van der Waals surface area contributed by atoms with Crippen LogP contribution in [-0.4, -0.2) is 25.0 Å². The summed E-state index contributed by atoms with van der Waals surface area (Å²) in [5.74, 6) is 1.31. The van der Waals surface area contributed by atoms with Crippen LogP contribution in [0.4, 0.5) is 0 Å². The molecule has 1 atom stereocenters. The molecule has 90 valence electrons. The van der Waals surface area contributed by atoms with Crippen molar-refractivity contribution in [3.05, 3.63) is 36.4 Å². The van der Waals surface area contributed by atoms with Crippen molar-refractivity contribution in [2.45, 2.75) is 19.4 Å². The van der Waals surface area contributed by atoms with Gasteiger partial charge in [0.2, 0.25) is 5.91 Å². The molecule has 2 rings (SSSR count). The summed E-state index contributed by atoms with van der Waals surface area (Å²) < 4.78 is 3.70. The quantitative estimate of drug-likeness (QED) is 0.822. The molecule has 6 heteroatoms. The van der Waals surface area contributed by atoms with Crippen LogP contribution in [0.15, 0.2) is 24.8 Å². The molecule has 2 aromatic rings. The fourth-order valence-electron chi connectivity index (χ4n) is 1.68. The summed E-state index contributed by atoms with van der Waals surface area (Å²) in [7, 11) is 1.92. The summed E-state index contributed by atoms with van der Waals surface area (Å²) in [4.78, 5) is 19.6. The third-order valence-corrected chi connectivity index (χ3v) is 2.82. The van der Waals surface area contributed by atoms with Crippen LogP contribution in [0.1, 0.15) is 24.6 Å². The van der Waals surface area contributed by atoms with Gasteiger partial charge in [-0.05, 0) is 6.92 Å². The minimum absolute atomic E-state index is 0.371. The topological polar surface area (TPSA) is 78.7 Å². The van der Waals surface area contributed by atoms with E-state index in [1.165, 1.54) is 0 Å².